The second-order valence-electron chi connectivity index (χ2n) is 5.05. The molecule has 0 saturated carbocycles. The fourth-order valence-corrected chi connectivity index (χ4v) is 2.13. The van der Waals surface area contributed by atoms with Crippen LogP contribution in [-0.4, -0.2) is 19.1 Å². The second-order valence-corrected chi connectivity index (χ2v) is 5.05. The Kier molecular flexibility index (Phi) is 5.35. The minimum atomic E-state index is -0.530. The van der Waals surface area contributed by atoms with Crippen LogP contribution in [0.4, 0.5) is 0 Å². The Hall–Kier alpha value is -1.35. The van der Waals surface area contributed by atoms with Crippen LogP contribution in [0.2, 0.25) is 0 Å². The topological polar surface area (TPSA) is 52.3 Å². The first kappa shape index (κ1) is 14.7. The van der Waals surface area contributed by atoms with Crippen LogP contribution in [0.25, 0.3) is 0 Å². The molecule has 100 valence electrons. The van der Waals surface area contributed by atoms with Crippen molar-refractivity contribution < 1.29 is 9.53 Å². The third-order valence-electron chi connectivity index (χ3n) is 3.55. The fraction of sp³-hybridized carbons (Fsp3) is 0.533. The molecule has 2 N–H and O–H groups in total. The molecule has 1 aromatic rings. The lowest BCUT2D eigenvalue weighted by Crippen LogP contribution is -2.34. The largest absolute Gasteiger partial charge is 0.468 e. The zero-order valence-corrected chi connectivity index (χ0v) is 11.6. The van der Waals surface area contributed by atoms with Crippen LogP contribution < -0.4 is 5.73 Å². The standard InChI is InChI=1S/C15H23NO2/c1-10-6-5-7-13(8-10)12(3)11(2)9-14(16)15(17)18-4/h5-8,11-12,14H,9,16H2,1-4H3. The Labute approximate surface area is 109 Å². The number of rotatable bonds is 5. The first-order valence-electron chi connectivity index (χ1n) is 6.35. The number of benzene rings is 1. The summed E-state index contributed by atoms with van der Waals surface area (Å²) < 4.78 is 4.65. The summed E-state index contributed by atoms with van der Waals surface area (Å²) >= 11 is 0. The summed E-state index contributed by atoms with van der Waals surface area (Å²) in [5, 5.41) is 0. The van der Waals surface area contributed by atoms with Crippen molar-refractivity contribution in [3.8, 4) is 0 Å². The molecule has 0 aliphatic heterocycles. The number of methoxy groups -OCH3 is 1. The second kappa shape index (κ2) is 6.55. The molecule has 0 amide bonds. The van der Waals surface area contributed by atoms with Crippen molar-refractivity contribution in [1.29, 1.82) is 0 Å². The maximum Gasteiger partial charge on any atom is 0.322 e. The van der Waals surface area contributed by atoms with E-state index in [1.165, 1.54) is 18.2 Å². The van der Waals surface area contributed by atoms with Crippen molar-refractivity contribution in [2.75, 3.05) is 7.11 Å². The average molecular weight is 249 g/mol. The summed E-state index contributed by atoms with van der Waals surface area (Å²) in [6.07, 6.45) is 0.641. The first-order chi connectivity index (χ1) is 8.45. The smallest absolute Gasteiger partial charge is 0.322 e. The minimum Gasteiger partial charge on any atom is -0.468 e. The highest BCUT2D eigenvalue weighted by Crippen LogP contribution is 2.27. The van der Waals surface area contributed by atoms with Crippen LogP contribution in [0, 0.1) is 12.8 Å². The average Bonchev–Trinajstić information content (AvgIpc) is 2.36. The molecule has 0 spiro atoms. The van der Waals surface area contributed by atoms with Gasteiger partial charge in [-0.2, -0.15) is 0 Å². The molecule has 0 aliphatic carbocycles. The van der Waals surface area contributed by atoms with E-state index in [1.807, 2.05) is 0 Å². The molecule has 1 aromatic carbocycles. The quantitative estimate of drug-likeness (QED) is 0.816. The van der Waals surface area contributed by atoms with Gasteiger partial charge in [0.15, 0.2) is 0 Å². The zero-order chi connectivity index (χ0) is 13.7. The van der Waals surface area contributed by atoms with Crippen molar-refractivity contribution in [1.82, 2.24) is 0 Å². The molecule has 3 unspecified atom stereocenters. The predicted molar refractivity (Wildman–Crippen MR) is 73.4 cm³/mol. The molecule has 0 aliphatic rings. The number of ether oxygens (including phenoxy) is 1. The summed E-state index contributed by atoms with van der Waals surface area (Å²) in [6.45, 7) is 6.38. The van der Waals surface area contributed by atoms with E-state index in [4.69, 9.17) is 5.73 Å². The van der Waals surface area contributed by atoms with Crippen LogP contribution in [0.3, 0.4) is 0 Å². The highest BCUT2D eigenvalue weighted by atomic mass is 16.5. The van der Waals surface area contributed by atoms with E-state index in [-0.39, 0.29) is 5.97 Å². The highest BCUT2D eigenvalue weighted by molar-refractivity contribution is 5.75. The minimum absolute atomic E-state index is 0.334. The molecule has 3 atom stereocenters. The molecular formula is C15H23NO2. The van der Waals surface area contributed by atoms with E-state index in [0.29, 0.717) is 18.3 Å². The molecule has 18 heavy (non-hydrogen) atoms. The van der Waals surface area contributed by atoms with E-state index >= 15 is 0 Å². The molecule has 0 fully saturated rings. The Morgan fingerprint density at radius 3 is 2.61 bits per heavy atom. The van der Waals surface area contributed by atoms with Crippen molar-refractivity contribution in [3.05, 3.63) is 35.4 Å². The monoisotopic (exact) mass is 249 g/mol. The van der Waals surface area contributed by atoms with Gasteiger partial charge in [0.1, 0.15) is 6.04 Å². The molecule has 0 saturated heterocycles. The lowest BCUT2D eigenvalue weighted by Gasteiger charge is -2.22. The summed E-state index contributed by atoms with van der Waals surface area (Å²) in [6, 6.07) is 7.93. The van der Waals surface area contributed by atoms with Gasteiger partial charge in [0.05, 0.1) is 7.11 Å². The van der Waals surface area contributed by atoms with Gasteiger partial charge in [-0.15, -0.1) is 0 Å². The summed E-state index contributed by atoms with van der Waals surface area (Å²) in [5.74, 6) is 0.375. The lowest BCUT2D eigenvalue weighted by molar-refractivity contribution is -0.142. The van der Waals surface area contributed by atoms with Crippen molar-refractivity contribution in [3.63, 3.8) is 0 Å². The van der Waals surface area contributed by atoms with Crippen molar-refractivity contribution in [2.45, 2.75) is 39.2 Å². The third kappa shape index (κ3) is 3.84. The summed E-state index contributed by atoms with van der Waals surface area (Å²) in [4.78, 5) is 11.3. The zero-order valence-electron chi connectivity index (χ0n) is 11.6. The predicted octanol–water partition coefficient (Wildman–Crippen LogP) is 2.63. The molecule has 3 nitrogen and oxygen atoms in total. The number of aryl methyl sites for hydroxylation is 1. The van der Waals surface area contributed by atoms with Gasteiger partial charge in [0, 0.05) is 0 Å². The van der Waals surface area contributed by atoms with Crippen LogP contribution in [0.15, 0.2) is 24.3 Å². The Bertz CT molecular complexity index is 403. The Morgan fingerprint density at radius 1 is 1.39 bits per heavy atom. The lowest BCUT2D eigenvalue weighted by atomic mass is 9.84. The van der Waals surface area contributed by atoms with Gasteiger partial charge >= 0.3 is 5.97 Å². The Balaban J connectivity index is 2.66. The maximum atomic E-state index is 11.3. The molecular weight excluding hydrogens is 226 g/mol. The molecule has 3 heteroatoms. The number of hydrogen-bond acceptors (Lipinski definition) is 3. The molecule has 0 heterocycles. The normalized spacial score (nSPS) is 15.8. The van der Waals surface area contributed by atoms with Crippen molar-refractivity contribution in [2.24, 2.45) is 11.7 Å². The van der Waals surface area contributed by atoms with Gasteiger partial charge in [-0.1, -0.05) is 43.7 Å². The molecule has 0 bridgehead atoms. The van der Waals surface area contributed by atoms with Crippen LogP contribution >= 0.6 is 0 Å². The maximum absolute atomic E-state index is 11.3. The van der Waals surface area contributed by atoms with E-state index in [0.717, 1.165) is 0 Å². The van der Waals surface area contributed by atoms with E-state index in [9.17, 15) is 4.79 Å². The number of esters is 1. The van der Waals surface area contributed by atoms with Gasteiger partial charge in [0.2, 0.25) is 0 Å². The van der Waals surface area contributed by atoms with Gasteiger partial charge in [-0.25, -0.2) is 0 Å². The highest BCUT2D eigenvalue weighted by Gasteiger charge is 2.21. The number of carbonyl (C=O) groups excluding carboxylic acids is 1. The van der Waals surface area contributed by atoms with Gasteiger partial charge in [0.25, 0.3) is 0 Å². The molecule has 0 radical (unpaired) electrons. The first-order valence-corrected chi connectivity index (χ1v) is 6.35. The van der Waals surface area contributed by atoms with Crippen LogP contribution in [0.1, 0.15) is 37.3 Å². The van der Waals surface area contributed by atoms with Crippen molar-refractivity contribution >= 4 is 5.97 Å². The van der Waals surface area contributed by atoms with Gasteiger partial charge < -0.3 is 10.5 Å². The summed E-state index contributed by atoms with van der Waals surface area (Å²) in [5.41, 5.74) is 8.34. The Morgan fingerprint density at radius 2 is 2.06 bits per heavy atom. The summed E-state index contributed by atoms with van der Waals surface area (Å²) in [7, 11) is 1.37. The SMILES string of the molecule is COC(=O)C(N)CC(C)C(C)c1cccc(C)c1. The van der Waals surface area contributed by atoms with E-state index in [1.54, 1.807) is 0 Å². The molecule has 0 aromatic heterocycles. The number of carbonyl (C=O) groups is 1. The van der Waals surface area contributed by atoms with Gasteiger partial charge in [-0.3, -0.25) is 4.79 Å². The third-order valence-corrected chi connectivity index (χ3v) is 3.55. The van der Waals surface area contributed by atoms with Crippen LogP contribution in [0.5, 0.6) is 0 Å². The fourth-order valence-electron chi connectivity index (χ4n) is 2.13. The number of hydrogen-bond donors (Lipinski definition) is 1. The van der Waals surface area contributed by atoms with Crippen LogP contribution in [-0.2, 0) is 9.53 Å². The number of nitrogens with two attached hydrogens (primary N) is 1. The van der Waals surface area contributed by atoms with Gasteiger partial charge in [-0.05, 0) is 30.7 Å². The molecule has 1 rings (SSSR count). The van der Waals surface area contributed by atoms with E-state index < -0.39 is 6.04 Å². The van der Waals surface area contributed by atoms with E-state index in [2.05, 4.69) is 49.8 Å².